The monoisotopic (exact) mass is 731 g/mol. The number of unbranched alkanes of at least 4 members (excludes halogenated alkanes) is 4. The smallest absolute Gasteiger partial charge is 0.119 e. The molecule has 0 saturated carbocycles. The second-order valence-corrected chi connectivity index (χ2v) is 14.6. The molecule has 1 unspecified atom stereocenters. The van der Waals surface area contributed by atoms with E-state index in [4.69, 9.17) is 14.8 Å². The van der Waals surface area contributed by atoms with Crippen LogP contribution in [0.15, 0.2) is 88.8 Å². The molecular weight excluding hydrogens is 667 g/mol. The van der Waals surface area contributed by atoms with Gasteiger partial charge in [0, 0.05) is 55.8 Å². The fourth-order valence-electron chi connectivity index (χ4n) is 7.17. The average molecular weight is 732 g/mol. The molecule has 6 rings (SSSR count). The minimum absolute atomic E-state index is 0.486. The van der Waals surface area contributed by atoms with E-state index in [0.717, 1.165) is 103 Å². The van der Waals surface area contributed by atoms with E-state index in [1.165, 1.54) is 31.2 Å². The van der Waals surface area contributed by atoms with Crippen LogP contribution in [0.4, 0.5) is 5.69 Å². The molecule has 286 valence electrons. The van der Waals surface area contributed by atoms with Gasteiger partial charge in [0.1, 0.15) is 5.75 Å². The van der Waals surface area contributed by atoms with Crippen LogP contribution in [0.5, 0.6) is 5.75 Å². The standard InChI is InChI=1S/C39H49N3O3S.2C2H6.CH4O/c1-3-4-5-6-10-27-45-33-14-16-34(17-15-33)46(44)37-29-40-36-18-13-30(2)28-35(36)38(37)42-23-19-32(20-24-42)41-25-21-39(43,22-26-41)31-11-8-7-9-12-31;3*1-2/h7-9,11-18,28-29,32,43H,3-6,10,19-27H2,1-2H3;2*1-2H3;2H,1H3. The third-order valence-corrected chi connectivity index (χ3v) is 11.3. The second-order valence-electron chi connectivity index (χ2n) is 13.1. The summed E-state index contributed by atoms with van der Waals surface area (Å²) in [5.74, 6) is 0.825. The Bertz CT molecular complexity index is 1600. The lowest BCUT2D eigenvalue weighted by Gasteiger charge is -2.45. The van der Waals surface area contributed by atoms with E-state index < -0.39 is 16.4 Å². The van der Waals surface area contributed by atoms with Gasteiger partial charge in [0.25, 0.3) is 0 Å². The van der Waals surface area contributed by atoms with Crippen molar-refractivity contribution in [3.05, 3.63) is 90.1 Å². The van der Waals surface area contributed by atoms with Crippen molar-refractivity contribution >= 4 is 27.4 Å². The van der Waals surface area contributed by atoms with Crippen LogP contribution in [0.3, 0.4) is 0 Å². The molecule has 2 aliphatic rings. The van der Waals surface area contributed by atoms with Crippen molar-refractivity contribution in [3.63, 3.8) is 0 Å². The number of nitrogens with zero attached hydrogens (tertiary/aromatic N) is 3. The van der Waals surface area contributed by atoms with Crippen LogP contribution in [0.25, 0.3) is 10.9 Å². The number of piperidine rings is 2. The van der Waals surface area contributed by atoms with E-state index in [1.54, 1.807) is 0 Å². The number of rotatable bonds is 12. The number of likely N-dealkylation sites (tertiary alicyclic amines) is 1. The predicted molar refractivity (Wildman–Crippen MR) is 219 cm³/mol. The van der Waals surface area contributed by atoms with Crippen LogP contribution in [0, 0.1) is 6.92 Å². The van der Waals surface area contributed by atoms with Crippen molar-refractivity contribution < 1.29 is 19.2 Å². The molecule has 8 heteroatoms. The van der Waals surface area contributed by atoms with E-state index in [2.05, 4.69) is 54.0 Å². The first-order valence-electron chi connectivity index (χ1n) is 19.7. The minimum Gasteiger partial charge on any atom is -0.494 e. The zero-order valence-electron chi connectivity index (χ0n) is 32.9. The van der Waals surface area contributed by atoms with Crippen LogP contribution < -0.4 is 9.64 Å². The summed E-state index contributed by atoms with van der Waals surface area (Å²) in [4.78, 5) is 11.3. The molecule has 3 aromatic carbocycles. The molecule has 0 bridgehead atoms. The molecule has 4 aromatic rings. The van der Waals surface area contributed by atoms with Gasteiger partial charge in [-0.1, -0.05) is 102 Å². The van der Waals surface area contributed by atoms with Crippen molar-refractivity contribution in [1.29, 1.82) is 0 Å². The Balaban J connectivity index is 0.00000116. The highest BCUT2D eigenvalue weighted by atomic mass is 32.2. The molecule has 2 fully saturated rings. The number of aliphatic hydroxyl groups excluding tert-OH is 1. The van der Waals surface area contributed by atoms with Crippen molar-refractivity contribution in [3.8, 4) is 5.75 Å². The fraction of sp³-hybridized carbons (Fsp3) is 0.523. The minimum atomic E-state index is -1.38. The maximum absolute atomic E-state index is 14.2. The largest absolute Gasteiger partial charge is 0.494 e. The number of pyridine rings is 1. The molecule has 52 heavy (non-hydrogen) atoms. The lowest BCUT2D eigenvalue weighted by Crippen LogP contribution is -2.50. The summed E-state index contributed by atoms with van der Waals surface area (Å²) in [6, 6.07) is 24.7. The van der Waals surface area contributed by atoms with Gasteiger partial charge in [-0.05, 0) is 81.0 Å². The van der Waals surface area contributed by atoms with Crippen molar-refractivity contribution in [2.45, 2.75) is 121 Å². The van der Waals surface area contributed by atoms with Crippen LogP contribution in [0.1, 0.15) is 104 Å². The summed E-state index contributed by atoms with van der Waals surface area (Å²) in [5.41, 5.74) is 3.45. The van der Waals surface area contributed by atoms with E-state index >= 15 is 0 Å². The summed E-state index contributed by atoms with van der Waals surface area (Å²) in [6.07, 6.45) is 11.5. The van der Waals surface area contributed by atoms with Gasteiger partial charge < -0.3 is 24.7 Å². The Labute approximate surface area is 316 Å². The summed E-state index contributed by atoms with van der Waals surface area (Å²) >= 11 is 0. The normalized spacial score (nSPS) is 16.4. The van der Waals surface area contributed by atoms with Crippen molar-refractivity contribution in [2.75, 3.05) is 44.8 Å². The first-order chi connectivity index (χ1) is 25.4. The fourth-order valence-corrected chi connectivity index (χ4v) is 8.37. The molecule has 2 aliphatic heterocycles. The Morgan fingerprint density at radius 3 is 2.12 bits per heavy atom. The van der Waals surface area contributed by atoms with Gasteiger partial charge in [0.05, 0.1) is 39.1 Å². The van der Waals surface area contributed by atoms with Gasteiger partial charge >= 0.3 is 0 Å². The number of hydrogen-bond acceptors (Lipinski definition) is 7. The molecule has 3 heterocycles. The number of aryl methyl sites for hydroxylation is 1. The zero-order chi connectivity index (χ0) is 37.9. The zero-order valence-corrected chi connectivity index (χ0v) is 33.8. The van der Waals surface area contributed by atoms with Crippen molar-refractivity contribution in [1.82, 2.24) is 9.88 Å². The maximum Gasteiger partial charge on any atom is 0.119 e. The van der Waals surface area contributed by atoms with Gasteiger partial charge in [-0.25, -0.2) is 4.21 Å². The van der Waals surface area contributed by atoms with Crippen LogP contribution in [-0.4, -0.2) is 70.2 Å². The molecule has 0 radical (unpaired) electrons. The molecule has 0 amide bonds. The summed E-state index contributed by atoms with van der Waals surface area (Å²) < 4.78 is 20.1. The number of benzene rings is 3. The Hall–Kier alpha value is -3.30. The highest BCUT2D eigenvalue weighted by Gasteiger charge is 2.37. The molecular formula is C44H65N3O4S. The first-order valence-corrected chi connectivity index (χ1v) is 20.9. The number of fused-ring (bicyclic) bond motifs is 1. The molecule has 2 N–H and O–H groups in total. The summed E-state index contributed by atoms with van der Waals surface area (Å²) in [6.45, 7) is 16.6. The Morgan fingerprint density at radius 2 is 1.48 bits per heavy atom. The third kappa shape index (κ3) is 11.3. The topological polar surface area (TPSA) is 86.1 Å². The molecule has 0 aliphatic carbocycles. The van der Waals surface area contributed by atoms with Gasteiger partial charge in [-0.2, -0.15) is 0 Å². The SMILES string of the molecule is CC.CC.CCCCCCCOc1ccc(S(=O)c2cnc3ccc(C)cc3c2N2CCC(N3CCC(O)(c4ccccc4)CC3)CC2)cc1.CO. The third-order valence-electron chi connectivity index (χ3n) is 9.95. The quantitative estimate of drug-likeness (QED) is 0.140. The average Bonchev–Trinajstić information content (AvgIpc) is 3.22. The van der Waals surface area contributed by atoms with Crippen molar-refractivity contribution in [2.24, 2.45) is 0 Å². The van der Waals surface area contributed by atoms with E-state index in [0.29, 0.717) is 12.6 Å². The van der Waals surface area contributed by atoms with E-state index in [-0.39, 0.29) is 0 Å². The summed E-state index contributed by atoms with van der Waals surface area (Å²) in [7, 11) is -0.380. The number of hydrogen-bond donors (Lipinski definition) is 2. The highest BCUT2D eigenvalue weighted by Crippen LogP contribution is 2.38. The number of ether oxygens (including phenoxy) is 1. The van der Waals surface area contributed by atoms with Crippen LogP contribution in [-0.2, 0) is 16.4 Å². The molecule has 2 saturated heterocycles. The lowest BCUT2D eigenvalue weighted by molar-refractivity contribution is -0.0379. The second kappa shape index (κ2) is 22.7. The van der Waals surface area contributed by atoms with Gasteiger partial charge in [0.2, 0.25) is 0 Å². The molecule has 0 spiro atoms. The van der Waals surface area contributed by atoms with Gasteiger partial charge in [0.15, 0.2) is 0 Å². The van der Waals surface area contributed by atoms with Gasteiger partial charge in [-0.3, -0.25) is 4.98 Å². The van der Waals surface area contributed by atoms with Crippen LogP contribution in [0.2, 0.25) is 0 Å². The molecule has 7 nitrogen and oxygen atoms in total. The predicted octanol–water partition coefficient (Wildman–Crippen LogP) is 9.67. The molecule has 1 atom stereocenters. The molecule has 1 aromatic heterocycles. The number of aliphatic hydroxyl groups is 2. The summed E-state index contributed by atoms with van der Waals surface area (Å²) in [5, 5.41) is 19.4. The number of aromatic nitrogens is 1. The van der Waals surface area contributed by atoms with Gasteiger partial charge in [-0.15, -0.1) is 0 Å². The first kappa shape index (κ1) is 43.1. The Kier molecular flexibility index (Phi) is 18.8. The van der Waals surface area contributed by atoms with E-state index in [1.807, 2.05) is 76.4 Å². The Morgan fingerprint density at radius 1 is 0.846 bits per heavy atom. The van der Waals surface area contributed by atoms with Crippen LogP contribution >= 0.6 is 0 Å². The van der Waals surface area contributed by atoms with E-state index in [9.17, 15) is 9.32 Å². The number of anilines is 1. The highest BCUT2D eigenvalue weighted by molar-refractivity contribution is 7.85. The lowest BCUT2D eigenvalue weighted by atomic mass is 9.83. The maximum atomic E-state index is 14.2.